The first-order valence-electron chi connectivity index (χ1n) is 5.70. The molecule has 0 radical (unpaired) electrons. The summed E-state index contributed by atoms with van der Waals surface area (Å²) in [4.78, 5) is 4.14. The van der Waals surface area contributed by atoms with Crippen molar-refractivity contribution in [2.24, 2.45) is 0 Å². The number of nitrogen functional groups attached to an aromatic ring is 1. The summed E-state index contributed by atoms with van der Waals surface area (Å²) < 4.78 is 5.35. The highest BCUT2D eigenvalue weighted by atomic mass is 16.3. The third-order valence-corrected chi connectivity index (χ3v) is 2.82. The van der Waals surface area contributed by atoms with Gasteiger partial charge in [0.05, 0.1) is 12.3 Å². The predicted molar refractivity (Wildman–Crippen MR) is 67.6 cm³/mol. The smallest absolute Gasteiger partial charge is 0.105 e. The number of nitrogens with one attached hydrogen (secondary N) is 1. The minimum absolute atomic E-state index is 0.0347. The average Bonchev–Trinajstić information content (AvgIpc) is 2.74. The van der Waals surface area contributed by atoms with E-state index in [0.717, 1.165) is 29.1 Å². The van der Waals surface area contributed by atoms with Crippen LogP contribution in [-0.2, 0) is 0 Å². The first-order chi connectivity index (χ1) is 8.24. The van der Waals surface area contributed by atoms with Gasteiger partial charge in [-0.2, -0.15) is 0 Å². The van der Waals surface area contributed by atoms with Crippen LogP contribution in [0.25, 0.3) is 0 Å². The van der Waals surface area contributed by atoms with E-state index < -0.39 is 0 Å². The molecule has 0 saturated heterocycles. The predicted octanol–water partition coefficient (Wildman–Crippen LogP) is 2.26. The van der Waals surface area contributed by atoms with Crippen molar-refractivity contribution in [1.82, 2.24) is 10.3 Å². The van der Waals surface area contributed by atoms with E-state index in [2.05, 4.69) is 17.2 Å². The summed E-state index contributed by atoms with van der Waals surface area (Å²) in [7, 11) is 0. The van der Waals surface area contributed by atoms with Gasteiger partial charge in [0.25, 0.3) is 0 Å². The molecule has 0 aliphatic heterocycles. The van der Waals surface area contributed by atoms with Gasteiger partial charge in [-0.05, 0) is 25.6 Å². The van der Waals surface area contributed by atoms with E-state index in [1.165, 1.54) is 0 Å². The van der Waals surface area contributed by atoms with Crippen molar-refractivity contribution in [3.63, 3.8) is 0 Å². The standard InChI is InChI=1S/C13H17N3O/c1-3-16-13(10-5-7-17-9(10)2)11-8-15-6-4-12(11)14/h4-8,13,16H,3H2,1-2H3,(H2,14,15). The molecule has 0 spiro atoms. The molecule has 0 amide bonds. The van der Waals surface area contributed by atoms with Crippen LogP contribution in [0.15, 0.2) is 35.2 Å². The van der Waals surface area contributed by atoms with Gasteiger partial charge in [-0.25, -0.2) is 0 Å². The molecule has 0 aliphatic rings. The van der Waals surface area contributed by atoms with Gasteiger partial charge in [-0.15, -0.1) is 0 Å². The Kier molecular flexibility index (Phi) is 3.44. The molecule has 4 nitrogen and oxygen atoms in total. The molecular weight excluding hydrogens is 214 g/mol. The Morgan fingerprint density at radius 1 is 1.41 bits per heavy atom. The average molecular weight is 231 g/mol. The second-order valence-corrected chi connectivity index (χ2v) is 3.93. The number of nitrogens with zero attached hydrogens (tertiary/aromatic N) is 1. The molecule has 0 aliphatic carbocycles. The summed E-state index contributed by atoms with van der Waals surface area (Å²) in [6.07, 6.45) is 5.20. The van der Waals surface area contributed by atoms with Crippen molar-refractivity contribution >= 4 is 5.69 Å². The molecule has 2 aromatic heterocycles. The highest BCUT2D eigenvalue weighted by molar-refractivity contribution is 5.49. The Hall–Kier alpha value is -1.81. The van der Waals surface area contributed by atoms with Crippen LogP contribution in [0.5, 0.6) is 0 Å². The molecule has 0 saturated carbocycles. The molecular formula is C13H17N3O. The van der Waals surface area contributed by atoms with E-state index in [0.29, 0.717) is 0 Å². The van der Waals surface area contributed by atoms with Crippen LogP contribution in [-0.4, -0.2) is 11.5 Å². The maximum atomic E-state index is 6.00. The van der Waals surface area contributed by atoms with E-state index in [9.17, 15) is 0 Å². The number of hydrogen-bond acceptors (Lipinski definition) is 4. The van der Waals surface area contributed by atoms with Crippen LogP contribution in [0.1, 0.15) is 29.9 Å². The number of anilines is 1. The number of aromatic nitrogens is 1. The normalized spacial score (nSPS) is 12.6. The molecule has 4 heteroatoms. The zero-order valence-corrected chi connectivity index (χ0v) is 10.1. The van der Waals surface area contributed by atoms with Crippen molar-refractivity contribution in [3.05, 3.63) is 47.7 Å². The van der Waals surface area contributed by atoms with Gasteiger partial charge >= 0.3 is 0 Å². The highest BCUT2D eigenvalue weighted by Gasteiger charge is 2.19. The van der Waals surface area contributed by atoms with Crippen molar-refractivity contribution in [2.75, 3.05) is 12.3 Å². The monoisotopic (exact) mass is 231 g/mol. The fraction of sp³-hybridized carbons (Fsp3) is 0.308. The van der Waals surface area contributed by atoms with Crippen LogP contribution in [0, 0.1) is 6.92 Å². The number of rotatable bonds is 4. The summed E-state index contributed by atoms with van der Waals surface area (Å²) in [5.41, 5.74) is 8.83. The third-order valence-electron chi connectivity index (χ3n) is 2.82. The number of hydrogen-bond donors (Lipinski definition) is 2. The van der Waals surface area contributed by atoms with Gasteiger partial charge in [0.15, 0.2) is 0 Å². The maximum absolute atomic E-state index is 6.00. The van der Waals surface area contributed by atoms with Gasteiger partial charge in [-0.3, -0.25) is 4.98 Å². The van der Waals surface area contributed by atoms with Crippen molar-refractivity contribution in [3.8, 4) is 0 Å². The minimum Gasteiger partial charge on any atom is -0.469 e. The Bertz CT molecular complexity index is 493. The van der Waals surface area contributed by atoms with E-state index in [1.54, 1.807) is 18.7 Å². The number of aryl methyl sites for hydroxylation is 1. The number of furan rings is 1. The van der Waals surface area contributed by atoms with Crippen molar-refractivity contribution < 1.29 is 4.42 Å². The zero-order valence-electron chi connectivity index (χ0n) is 10.1. The summed E-state index contributed by atoms with van der Waals surface area (Å²) in [5, 5.41) is 3.40. The second kappa shape index (κ2) is 5.01. The Labute approximate surface area is 101 Å². The fourth-order valence-electron chi connectivity index (χ4n) is 1.94. The molecule has 90 valence electrons. The lowest BCUT2D eigenvalue weighted by molar-refractivity contribution is 0.520. The highest BCUT2D eigenvalue weighted by Crippen LogP contribution is 2.28. The van der Waals surface area contributed by atoms with Crippen LogP contribution in [0.2, 0.25) is 0 Å². The minimum atomic E-state index is 0.0347. The molecule has 1 unspecified atom stereocenters. The topological polar surface area (TPSA) is 64.1 Å². The Balaban J connectivity index is 2.43. The molecule has 0 aromatic carbocycles. The largest absolute Gasteiger partial charge is 0.469 e. The van der Waals surface area contributed by atoms with Crippen LogP contribution < -0.4 is 11.1 Å². The molecule has 2 rings (SSSR count). The summed E-state index contributed by atoms with van der Waals surface area (Å²) in [6, 6.07) is 3.82. The summed E-state index contributed by atoms with van der Waals surface area (Å²) >= 11 is 0. The van der Waals surface area contributed by atoms with Gasteiger partial charge in [0, 0.05) is 29.2 Å². The first-order valence-corrected chi connectivity index (χ1v) is 5.70. The van der Waals surface area contributed by atoms with Gasteiger partial charge in [-0.1, -0.05) is 6.92 Å². The Morgan fingerprint density at radius 2 is 2.24 bits per heavy atom. The summed E-state index contributed by atoms with van der Waals surface area (Å²) in [6.45, 7) is 4.87. The van der Waals surface area contributed by atoms with E-state index in [1.807, 2.05) is 19.1 Å². The molecule has 0 fully saturated rings. The molecule has 2 heterocycles. The van der Waals surface area contributed by atoms with Crippen molar-refractivity contribution in [1.29, 1.82) is 0 Å². The lowest BCUT2D eigenvalue weighted by Crippen LogP contribution is -2.23. The second-order valence-electron chi connectivity index (χ2n) is 3.93. The third kappa shape index (κ3) is 2.31. The molecule has 3 N–H and O–H groups in total. The van der Waals surface area contributed by atoms with Crippen LogP contribution in [0.4, 0.5) is 5.69 Å². The molecule has 0 bridgehead atoms. The van der Waals surface area contributed by atoms with Crippen molar-refractivity contribution in [2.45, 2.75) is 19.9 Å². The van der Waals surface area contributed by atoms with Crippen LogP contribution in [0.3, 0.4) is 0 Å². The van der Waals surface area contributed by atoms with E-state index in [4.69, 9.17) is 10.2 Å². The SMILES string of the molecule is CCNC(c1cnccc1N)c1ccoc1C. The quantitative estimate of drug-likeness (QED) is 0.847. The van der Waals surface area contributed by atoms with E-state index >= 15 is 0 Å². The summed E-state index contributed by atoms with van der Waals surface area (Å²) in [5.74, 6) is 0.902. The van der Waals surface area contributed by atoms with Gasteiger partial charge in [0.1, 0.15) is 5.76 Å². The molecule has 17 heavy (non-hydrogen) atoms. The molecule has 2 aromatic rings. The number of pyridine rings is 1. The zero-order chi connectivity index (χ0) is 12.3. The first kappa shape index (κ1) is 11.7. The molecule has 1 atom stereocenters. The lowest BCUT2D eigenvalue weighted by atomic mass is 9.99. The fourth-order valence-corrected chi connectivity index (χ4v) is 1.94. The maximum Gasteiger partial charge on any atom is 0.105 e. The van der Waals surface area contributed by atoms with Gasteiger partial charge < -0.3 is 15.5 Å². The Morgan fingerprint density at radius 3 is 2.82 bits per heavy atom. The lowest BCUT2D eigenvalue weighted by Gasteiger charge is -2.19. The van der Waals surface area contributed by atoms with Crippen LogP contribution >= 0.6 is 0 Å². The van der Waals surface area contributed by atoms with E-state index in [-0.39, 0.29) is 6.04 Å². The number of nitrogens with two attached hydrogens (primary N) is 1. The van der Waals surface area contributed by atoms with Gasteiger partial charge in [0.2, 0.25) is 0 Å².